The van der Waals surface area contributed by atoms with Crippen molar-refractivity contribution in [2.45, 2.75) is 18.9 Å². The van der Waals surface area contributed by atoms with Crippen molar-refractivity contribution in [2.75, 3.05) is 6.61 Å². The minimum Gasteiger partial charge on any atom is -0.493 e. The highest BCUT2D eigenvalue weighted by Crippen LogP contribution is 2.29. The van der Waals surface area contributed by atoms with Gasteiger partial charge in [0, 0.05) is 12.0 Å². The third-order valence-electron chi connectivity index (χ3n) is 3.82. The summed E-state index contributed by atoms with van der Waals surface area (Å²) in [7, 11) is 0. The summed E-state index contributed by atoms with van der Waals surface area (Å²) in [6.45, 7) is 0.413. The SMILES string of the molecule is OC(Cc1cc(F)cc(F)c1)C1COc2ccccc2C1. The van der Waals surface area contributed by atoms with Gasteiger partial charge in [0.25, 0.3) is 0 Å². The molecule has 0 aliphatic carbocycles. The summed E-state index contributed by atoms with van der Waals surface area (Å²) in [4.78, 5) is 0. The molecule has 0 radical (unpaired) electrons. The summed E-state index contributed by atoms with van der Waals surface area (Å²) in [5.41, 5.74) is 1.51. The van der Waals surface area contributed by atoms with E-state index in [4.69, 9.17) is 4.74 Å². The number of ether oxygens (including phenoxy) is 1. The van der Waals surface area contributed by atoms with Crippen LogP contribution in [0.15, 0.2) is 42.5 Å². The molecule has 1 heterocycles. The Morgan fingerprint density at radius 2 is 1.86 bits per heavy atom. The van der Waals surface area contributed by atoms with Crippen LogP contribution in [-0.2, 0) is 12.8 Å². The molecule has 0 saturated carbocycles. The monoisotopic (exact) mass is 290 g/mol. The molecule has 2 unspecified atom stereocenters. The molecular weight excluding hydrogens is 274 g/mol. The fourth-order valence-electron chi connectivity index (χ4n) is 2.74. The van der Waals surface area contributed by atoms with Gasteiger partial charge in [-0.25, -0.2) is 8.78 Å². The maximum Gasteiger partial charge on any atom is 0.126 e. The van der Waals surface area contributed by atoms with Gasteiger partial charge in [-0.3, -0.25) is 0 Å². The van der Waals surface area contributed by atoms with Crippen molar-refractivity contribution in [1.29, 1.82) is 0 Å². The number of aliphatic hydroxyl groups excluding tert-OH is 1. The zero-order valence-electron chi connectivity index (χ0n) is 11.4. The summed E-state index contributed by atoms with van der Waals surface area (Å²) in [5, 5.41) is 10.3. The molecule has 1 N–H and O–H groups in total. The Morgan fingerprint density at radius 3 is 2.62 bits per heavy atom. The van der Waals surface area contributed by atoms with E-state index in [0.29, 0.717) is 18.6 Å². The van der Waals surface area contributed by atoms with Crippen LogP contribution in [0.25, 0.3) is 0 Å². The highest BCUT2D eigenvalue weighted by Gasteiger charge is 2.26. The van der Waals surface area contributed by atoms with Crippen LogP contribution < -0.4 is 4.74 Å². The van der Waals surface area contributed by atoms with Gasteiger partial charge < -0.3 is 9.84 Å². The molecule has 0 aromatic heterocycles. The maximum absolute atomic E-state index is 13.2. The van der Waals surface area contributed by atoms with Gasteiger partial charge in [0.05, 0.1) is 12.7 Å². The summed E-state index contributed by atoms with van der Waals surface area (Å²) in [5.74, 6) is -0.478. The molecule has 0 bridgehead atoms. The van der Waals surface area contributed by atoms with Gasteiger partial charge >= 0.3 is 0 Å². The number of hydrogen-bond acceptors (Lipinski definition) is 2. The van der Waals surface area contributed by atoms with Crippen molar-refractivity contribution in [1.82, 2.24) is 0 Å². The van der Waals surface area contributed by atoms with Crippen LogP contribution in [0, 0.1) is 17.6 Å². The number of aliphatic hydroxyl groups is 1. The summed E-state index contributed by atoms with van der Waals surface area (Å²) < 4.78 is 32.0. The van der Waals surface area contributed by atoms with E-state index >= 15 is 0 Å². The number of hydrogen-bond donors (Lipinski definition) is 1. The van der Waals surface area contributed by atoms with Crippen LogP contribution in [0.5, 0.6) is 5.75 Å². The minimum absolute atomic E-state index is 0.0776. The van der Waals surface area contributed by atoms with Crippen LogP contribution in [0.1, 0.15) is 11.1 Å². The van der Waals surface area contributed by atoms with Crippen LogP contribution >= 0.6 is 0 Å². The first-order valence-corrected chi connectivity index (χ1v) is 6.95. The number of halogens is 2. The molecule has 0 fully saturated rings. The average Bonchev–Trinajstić information content (AvgIpc) is 2.45. The van der Waals surface area contributed by atoms with E-state index in [0.717, 1.165) is 17.4 Å². The fraction of sp³-hybridized carbons (Fsp3) is 0.294. The van der Waals surface area contributed by atoms with Gasteiger partial charge in [0.1, 0.15) is 17.4 Å². The van der Waals surface area contributed by atoms with Crippen molar-refractivity contribution in [3.05, 3.63) is 65.2 Å². The number of fused-ring (bicyclic) bond motifs is 1. The summed E-state index contributed by atoms with van der Waals surface area (Å²) in [6.07, 6.45) is 0.222. The zero-order chi connectivity index (χ0) is 14.8. The molecule has 1 aliphatic heterocycles. The van der Waals surface area contributed by atoms with Gasteiger partial charge in [-0.2, -0.15) is 0 Å². The largest absolute Gasteiger partial charge is 0.493 e. The molecule has 1 aliphatic rings. The smallest absolute Gasteiger partial charge is 0.126 e. The Labute approximate surface area is 122 Å². The lowest BCUT2D eigenvalue weighted by molar-refractivity contribution is 0.0652. The predicted octanol–water partition coefficient (Wildman–Crippen LogP) is 3.12. The highest BCUT2D eigenvalue weighted by atomic mass is 19.1. The van der Waals surface area contributed by atoms with E-state index < -0.39 is 17.7 Å². The molecule has 0 amide bonds. The topological polar surface area (TPSA) is 29.5 Å². The summed E-state index contributed by atoms with van der Waals surface area (Å²) >= 11 is 0. The third kappa shape index (κ3) is 3.22. The second kappa shape index (κ2) is 5.82. The average molecular weight is 290 g/mol. The van der Waals surface area contributed by atoms with Gasteiger partial charge in [0.2, 0.25) is 0 Å². The van der Waals surface area contributed by atoms with Crippen molar-refractivity contribution >= 4 is 0 Å². The molecule has 0 saturated heterocycles. The molecule has 110 valence electrons. The molecule has 2 aromatic rings. The zero-order valence-corrected chi connectivity index (χ0v) is 11.4. The van der Waals surface area contributed by atoms with Gasteiger partial charge in [-0.15, -0.1) is 0 Å². The van der Waals surface area contributed by atoms with Crippen LogP contribution in [0.3, 0.4) is 0 Å². The first-order valence-electron chi connectivity index (χ1n) is 6.95. The lowest BCUT2D eigenvalue weighted by atomic mass is 9.89. The van der Waals surface area contributed by atoms with Crippen molar-refractivity contribution in [3.63, 3.8) is 0 Å². The molecule has 4 heteroatoms. The Balaban J connectivity index is 1.70. The van der Waals surface area contributed by atoms with Crippen LogP contribution in [0.4, 0.5) is 8.78 Å². The van der Waals surface area contributed by atoms with Gasteiger partial charge in [-0.05, 0) is 42.2 Å². The molecular formula is C17H16F2O2. The molecule has 0 spiro atoms. The fourth-order valence-corrected chi connectivity index (χ4v) is 2.74. The van der Waals surface area contributed by atoms with E-state index in [1.165, 1.54) is 12.1 Å². The molecule has 2 aromatic carbocycles. The highest BCUT2D eigenvalue weighted by molar-refractivity contribution is 5.35. The summed E-state index contributed by atoms with van der Waals surface area (Å²) in [6, 6.07) is 11.0. The van der Waals surface area contributed by atoms with E-state index in [1.807, 2.05) is 24.3 Å². The standard InChI is InChI=1S/C17H16F2O2/c18-14-5-11(6-15(19)9-14)7-16(20)13-8-12-3-1-2-4-17(12)21-10-13/h1-6,9,13,16,20H,7-8,10H2. The van der Waals surface area contributed by atoms with E-state index in [-0.39, 0.29) is 12.3 Å². The van der Waals surface area contributed by atoms with Crippen molar-refractivity contribution in [2.24, 2.45) is 5.92 Å². The molecule has 2 nitrogen and oxygen atoms in total. The lowest BCUT2D eigenvalue weighted by Gasteiger charge is -2.29. The first kappa shape index (κ1) is 14.0. The minimum atomic E-state index is -0.695. The Morgan fingerprint density at radius 1 is 1.14 bits per heavy atom. The molecule has 3 rings (SSSR count). The van der Waals surface area contributed by atoms with Crippen molar-refractivity contribution in [3.8, 4) is 5.75 Å². The van der Waals surface area contributed by atoms with Crippen molar-refractivity contribution < 1.29 is 18.6 Å². The van der Waals surface area contributed by atoms with E-state index in [2.05, 4.69) is 0 Å². The number of para-hydroxylation sites is 1. The Hall–Kier alpha value is -1.94. The Bertz CT molecular complexity index is 622. The number of rotatable bonds is 3. The maximum atomic E-state index is 13.2. The van der Waals surface area contributed by atoms with Gasteiger partial charge in [0.15, 0.2) is 0 Å². The lowest BCUT2D eigenvalue weighted by Crippen LogP contribution is -2.33. The second-order valence-corrected chi connectivity index (χ2v) is 5.43. The Kier molecular flexibility index (Phi) is 3.88. The van der Waals surface area contributed by atoms with Crippen LogP contribution in [-0.4, -0.2) is 17.8 Å². The quantitative estimate of drug-likeness (QED) is 0.941. The first-order chi connectivity index (χ1) is 10.1. The van der Waals surface area contributed by atoms with Crippen LogP contribution in [0.2, 0.25) is 0 Å². The molecule has 2 atom stereocenters. The van der Waals surface area contributed by atoms with Gasteiger partial charge in [-0.1, -0.05) is 18.2 Å². The normalized spacial score (nSPS) is 18.7. The second-order valence-electron chi connectivity index (χ2n) is 5.43. The molecule has 21 heavy (non-hydrogen) atoms. The van der Waals surface area contributed by atoms with E-state index in [9.17, 15) is 13.9 Å². The third-order valence-corrected chi connectivity index (χ3v) is 3.82. The van der Waals surface area contributed by atoms with E-state index in [1.54, 1.807) is 0 Å². The number of benzene rings is 2. The predicted molar refractivity (Wildman–Crippen MR) is 75.2 cm³/mol.